The van der Waals surface area contributed by atoms with Crippen molar-refractivity contribution >= 4 is 23.6 Å². The normalized spacial score (nSPS) is 16.8. The molecule has 178 valence electrons. The number of nitrogens with zero attached hydrogens (tertiary/aromatic N) is 4. The van der Waals surface area contributed by atoms with Crippen molar-refractivity contribution in [1.29, 1.82) is 0 Å². The Hall–Kier alpha value is -3.07. The molecule has 1 N–H and O–H groups in total. The van der Waals surface area contributed by atoms with Crippen molar-refractivity contribution < 1.29 is 13.9 Å². The Morgan fingerprint density at radius 3 is 2.53 bits per heavy atom. The summed E-state index contributed by atoms with van der Waals surface area (Å²) in [6.07, 6.45) is 5.38. The molecule has 34 heavy (non-hydrogen) atoms. The van der Waals surface area contributed by atoms with Gasteiger partial charge >= 0.3 is 0 Å². The van der Waals surface area contributed by atoms with Crippen molar-refractivity contribution in [3.05, 3.63) is 59.9 Å². The predicted octanol–water partition coefficient (Wildman–Crippen LogP) is 4.52. The minimum absolute atomic E-state index is 0.104. The molecule has 1 aromatic heterocycles. The number of nitrogens with one attached hydrogen (secondary N) is 1. The maximum atomic E-state index is 13.6. The Bertz CT molecular complexity index is 1140. The molecule has 5 rings (SSSR count). The lowest BCUT2D eigenvalue weighted by atomic mass is 10.1. The van der Waals surface area contributed by atoms with Crippen LogP contribution in [-0.2, 0) is 4.79 Å². The largest absolute Gasteiger partial charge is 0.495 e. The molecule has 0 spiro atoms. The summed E-state index contributed by atoms with van der Waals surface area (Å²) in [4.78, 5) is 15.5. The van der Waals surface area contributed by atoms with E-state index in [1.165, 1.54) is 30.3 Å². The highest BCUT2D eigenvalue weighted by molar-refractivity contribution is 8.00. The molecule has 1 saturated carbocycles. The van der Waals surface area contributed by atoms with E-state index in [-0.39, 0.29) is 17.8 Å². The number of methoxy groups -OCH3 is 1. The van der Waals surface area contributed by atoms with Gasteiger partial charge in [0.05, 0.1) is 12.8 Å². The summed E-state index contributed by atoms with van der Waals surface area (Å²) >= 11 is 1.32. The maximum absolute atomic E-state index is 13.6. The summed E-state index contributed by atoms with van der Waals surface area (Å²) < 4.78 is 21.3. The van der Waals surface area contributed by atoms with Gasteiger partial charge in [0, 0.05) is 19.1 Å². The Labute approximate surface area is 202 Å². The summed E-state index contributed by atoms with van der Waals surface area (Å²) in [5.74, 6) is 1.00. The molecule has 1 amide bonds. The van der Waals surface area contributed by atoms with Crippen LogP contribution in [-0.4, -0.2) is 46.9 Å². The van der Waals surface area contributed by atoms with Gasteiger partial charge in [-0.05, 0) is 61.9 Å². The molecule has 9 heteroatoms. The fraction of sp³-hybridized carbons (Fsp3) is 0.400. The highest BCUT2D eigenvalue weighted by Crippen LogP contribution is 2.40. The number of amides is 1. The van der Waals surface area contributed by atoms with E-state index in [0.29, 0.717) is 10.9 Å². The van der Waals surface area contributed by atoms with Crippen molar-refractivity contribution in [2.24, 2.45) is 0 Å². The van der Waals surface area contributed by atoms with Crippen LogP contribution in [0.15, 0.2) is 53.7 Å². The Balaban J connectivity index is 1.56. The lowest BCUT2D eigenvalue weighted by Crippen LogP contribution is -2.32. The highest BCUT2D eigenvalue weighted by Gasteiger charge is 2.32. The number of carbonyl (C=O) groups is 1. The van der Waals surface area contributed by atoms with Gasteiger partial charge in [-0.15, -0.1) is 10.2 Å². The third kappa shape index (κ3) is 4.89. The van der Waals surface area contributed by atoms with E-state index in [1.54, 1.807) is 19.2 Å². The summed E-state index contributed by atoms with van der Waals surface area (Å²) in [5.41, 5.74) is 1.54. The fourth-order valence-electron chi connectivity index (χ4n) is 4.18. The number of thioether (sulfide) groups is 1. The third-order valence-corrected chi connectivity index (χ3v) is 7.34. The zero-order valence-electron chi connectivity index (χ0n) is 19.1. The van der Waals surface area contributed by atoms with Crippen molar-refractivity contribution in [3.63, 3.8) is 0 Å². The van der Waals surface area contributed by atoms with E-state index in [4.69, 9.17) is 4.74 Å². The Morgan fingerprint density at radius 2 is 1.82 bits per heavy atom. The lowest BCUT2D eigenvalue weighted by Gasteiger charge is -2.28. The van der Waals surface area contributed by atoms with Crippen molar-refractivity contribution in [2.75, 3.05) is 25.1 Å². The summed E-state index contributed by atoms with van der Waals surface area (Å²) in [6, 6.07) is 14.1. The molecule has 0 radical (unpaired) electrons. The first-order valence-electron chi connectivity index (χ1n) is 11.7. The molecular weight excluding hydrogens is 453 g/mol. The molecule has 3 aromatic rings. The van der Waals surface area contributed by atoms with Gasteiger partial charge in [-0.2, -0.15) is 0 Å². The van der Waals surface area contributed by atoms with Gasteiger partial charge in [-0.1, -0.05) is 36.0 Å². The number of hydrogen-bond acceptors (Lipinski definition) is 6. The lowest BCUT2D eigenvalue weighted by molar-refractivity contribution is -0.120. The summed E-state index contributed by atoms with van der Waals surface area (Å²) in [5, 5.41) is 12.2. The number of carbonyl (C=O) groups excluding carboxylic acids is 1. The highest BCUT2D eigenvalue weighted by atomic mass is 32.2. The number of rotatable bonds is 8. The number of piperidine rings is 1. The maximum Gasteiger partial charge on any atom is 0.238 e. The van der Waals surface area contributed by atoms with Gasteiger partial charge in [0.2, 0.25) is 11.9 Å². The first kappa shape index (κ1) is 22.7. The topological polar surface area (TPSA) is 72.3 Å². The molecule has 0 bridgehead atoms. The number of hydrogen-bond donors (Lipinski definition) is 1. The van der Waals surface area contributed by atoms with Crippen molar-refractivity contribution in [3.8, 4) is 11.4 Å². The Kier molecular flexibility index (Phi) is 6.71. The molecule has 2 aliphatic rings. The van der Waals surface area contributed by atoms with E-state index in [2.05, 4.69) is 20.4 Å². The van der Waals surface area contributed by atoms with E-state index in [0.717, 1.165) is 56.0 Å². The molecule has 2 aromatic carbocycles. The van der Waals surface area contributed by atoms with E-state index in [9.17, 15) is 9.18 Å². The van der Waals surface area contributed by atoms with Crippen LogP contribution in [0.4, 0.5) is 10.3 Å². The molecular formula is C25H28FN5O2S. The minimum atomic E-state index is -0.590. The fourth-order valence-corrected chi connectivity index (χ4v) is 5.24. The van der Waals surface area contributed by atoms with E-state index < -0.39 is 5.25 Å². The number of aromatic nitrogens is 3. The van der Waals surface area contributed by atoms with E-state index in [1.807, 2.05) is 28.8 Å². The van der Waals surface area contributed by atoms with Crippen LogP contribution in [0.1, 0.15) is 42.9 Å². The number of halogens is 1. The standard InChI is InChI=1S/C25H28FN5O2S/c1-33-21-8-4-3-7-20(21)31-24(30-15-5-2-6-16-30)28-29-25(31)34-22(23(32)27-19-13-14-19)17-9-11-18(26)12-10-17/h3-4,7-12,19,22H,2,5-6,13-16H2,1H3,(H,27,32). The molecule has 1 aliphatic heterocycles. The van der Waals surface area contributed by atoms with Crippen molar-refractivity contribution in [2.45, 2.75) is 48.6 Å². The monoisotopic (exact) mass is 481 g/mol. The second kappa shape index (κ2) is 10.0. The van der Waals surface area contributed by atoms with Gasteiger partial charge in [-0.25, -0.2) is 4.39 Å². The second-order valence-corrected chi connectivity index (χ2v) is 9.74. The van der Waals surface area contributed by atoms with Crippen LogP contribution < -0.4 is 15.0 Å². The summed E-state index contributed by atoms with van der Waals surface area (Å²) in [7, 11) is 1.64. The van der Waals surface area contributed by atoms with Crippen LogP contribution in [0.5, 0.6) is 5.75 Å². The molecule has 1 unspecified atom stereocenters. The molecule has 1 atom stereocenters. The predicted molar refractivity (Wildman–Crippen MR) is 130 cm³/mol. The number of para-hydroxylation sites is 2. The number of ether oxygens (including phenoxy) is 1. The molecule has 1 aliphatic carbocycles. The smallest absolute Gasteiger partial charge is 0.238 e. The van der Waals surface area contributed by atoms with Gasteiger partial charge in [-0.3, -0.25) is 9.36 Å². The second-order valence-electron chi connectivity index (χ2n) is 8.67. The van der Waals surface area contributed by atoms with Crippen LogP contribution in [0.3, 0.4) is 0 Å². The number of anilines is 1. The SMILES string of the molecule is COc1ccccc1-n1c(SC(C(=O)NC2CC2)c2ccc(F)cc2)nnc1N1CCCCC1. The quantitative estimate of drug-likeness (QED) is 0.477. The first-order valence-corrected chi connectivity index (χ1v) is 12.6. The molecule has 1 saturated heterocycles. The van der Waals surface area contributed by atoms with Gasteiger partial charge < -0.3 is 15.0 Å². The van der Waals surface area contributed by atoms with Crippen LogP contribution >= 0.6 is 11.8 Å². The molecule has 2 fully saturated rings. The van der Waals surface area contributed by atoms with Crippen molar-refractivity contribution in [1.82, 2.24) is 20.1 Å². The summed E-state index contributed by atoms with van der Waals surface area (Å²) in [6.45, 7) is 1.81. The molecule has 2 heterocycles. The molecule has 7 nitrogen and oxygen atoms in total. The average Bonchev–Trinajstić information content (AvgIpc) is 3.59. The number of benzene rings is 2. The van der Waals surface area contributed by atoms with Gasteiger partial charge in [0.25, 0.3) is 0 Å². The van der Waals surface area contributed by atoms with E-state index >= 15 is 0 Å². The zero-order valence-corrected chi connectivity index (χ0v) is 19.9. The Morgan fingerprint density at radius 1 is 1.09 bits per heavy atom. The average molecular weight is 482 g/mol. The first-order chi connectivity index (χ1) is 16.6. The van der Waals surface area contributed by atoms with Crippen LogP contribution in [0.25, 0.3) is 5.69 Å². The van der Waals surface area contributed by atoms with Gasteiger partial charge in [0.15, 0.2) is 5.16 Å². The van der Waals surface area contributed by atoms with Crippen LogP contribution in [0.2, 0.25) is 0 Å². The van der Waals surface area contributed by atoms with Gasteiger partial charge in [0.1, 0.15) is 16.8 Å². The minimum Gasteiger partial charge on any atom is -0.495 e. The third-order valence-electron chi connectivity index (χ3n) is 6.14. The zero-order chi connectivity index (χ0) is 23.5. The van der Waals surface area contributed by atoms with Crippen LogP contribution in [0, 0.1) is 5.82 Å².